The van der Waals surface area contributed by atoms with Gasteiger partial charge in [-0.05, 0) is 17.7 Å². The second-order valence-corrected chi connectivity index (χ2v) is 5.88. The van der Waals surface area contributed by atoms with Crippen LogP contribution >= 0.6 is 0 Å². The fourth-order valence-electron chi connectivity index (χ4n) is 3.05. The molecule has 1 saturated heterocycles. The fourth-order valence-corrected chi connectivity index (χ4v) is 3.05. The van der Waals surface area contributed by atoms with Crippen LogP contribution < -0.4 is 4.74 Å². The lowest BCUT2D eigenvalue weighted by Gasteiger charge is -2.41. The minimum absolute atomic E-state index is 0.00374. The molecule has 1 aromatic carbocycles. The molecule has 0 N–H and O–H groups in total. The van der Waals surface area contributed by atoms with E-state index >= 15 is 0 Å². The summed E-state index contributed by atoms with van der Waals surface area (Å²) < 4.78 is 5.19. The van der Waals surface area contributed by atoms with E-state index in [1.807, 2.05) is 24.3 Å². The van der Waals surface area contributed by atoms with Crippen molar-refractivity contribution in [2.45, 2.75) is 13.0 Å². The number of benzene rings is 1. The van der Waals surface area contributed by atoms with Crippen LogP contribution in [0.4, 0.5) is 0 Å². The van der Waals surface area contributed by atoms with Crippen molar-refractivity contribution in [3.05, 3.63) is 54.1 Å². The maximum atomic E-state index is 12.7. The van der Waals surface area contributed by atoms with Crippen molar-refractivity contribution in [1.29, 1.82) is 0 Å². The molecule has 2 heterocycles. The molecule has 7 nitrogen and oxygen atoms in total. The van der Waals surface area contributed by atoms with Crippen LogP contribution in [0.2, 0.25) is 0 Å². The lowest BCUT2D eigenvalue weighted by molar-refractivity contribution is -0.133. The highest BCUT2D eigenvalue weighted by atomic mass is 16.5. The molecule has 25 heavy (non-hydrogen) atoms. The number of amides is 2. The van der Waals surface area contributed by atoms with Crippen molar-refractivity contribution in [2.75, 3.05) is 26.7 Å². The van der Waals surface area contributed by atoms with Crippen LogP contribution in [0.1, 0.15) is 28.9 Å². The Bertz CT molecular complexity index is 749. The van der Waals surface area contributed by atoms with Crippen LogP contribution in [0, 0.1) is 0 Å². The average Bonchev–Trinajstić information content (AvgIpc) is 2.67. The monoisotopic (exact) mass is 340 g/mol. The van der Waals surface area contributed by atoms with Crippen LogP contribution in [-0.2, 0) is 4.79 Å². The number of carbonyl (C=O) groups is 2. The molecular weight excluding hydrogens is 320 g/mol. The number of hydrogen-bond acceptors (Lipinski definition) is 5. The molecule has 0 unspecified atom stereocenters. The Hall–Kier alpha value is -2.96. The molecule has 1 aliphatic rings. The predicted molar refractivity (Wildman–Crippen MR) is 91.1 cm³/mol. The van der Waals surface area contributed by atoms with Crippen LogP contribution in [0.25, 0.3) is 0 Å². The molecule has 2 amide bonds. The molecule has 1 aliphatic heterocycles. The van der Waals surface area contributed by atoms with E-state index in [1.54, 1.807) is 23.8 Å². The van der Waals surface area contributed by atoms with Crippen LogP contribution in [0.15, 0.2) is 43.0 Å². The van der Waals surface area contributed by atoms with Crippen molar-refractivity contribution < 1.29 is 14.3 Å². The summed E-state index contributed by atoms with van der Waals surface area (Å²) in [7, 11) is 1.61. The molecule has 130 valence electrons. The number of piperazine rings is 1. The van der Waals surface area contributed by atoms with Gasteiger partial charge >= 0.3 is 0 Å². The number of nitrogens with zero attached hydrogens (tertiary/aromatic N) is 4. The molecule has 0 aliphatic carbocycles. The van der Waals surface area contributed by atoms with Crippen molar-refractivity contribution >= 4 is 11.8 Å². The molecule has 0 spiro atoms. The largest absolute Gasteiger partial charge is 0.497 e. The predicted octanol–water partition coefficient (Wildman–Crippen LogP) is 1.53. The number of carbonyl (C=O) groups excluding carboxylic acids is 2. The molecule has 2 aromatic rings. The minimum atomic E-state index is -0.189. The summed E-state index contributed by atoms with van der Waals surface area (Å²) in [5.41, 5.74) is 1.42. The Balaban J connectivity index is 1.84. The van der Waals surface area contributed by atoms with Crippen molar-refractivity contribution in [2.24, 2.45) is 0 Å². The van der Waals surface area contributed by atoms with Gasteiger partial charge in [0, 0.05) is 39.0 Å². The molecule has 1 fully saturated rings. The zero-order chi connectivity index (χ0) is 17.8. The molecule has 3 rings (SSSR count). The molecule has 1 aromatic heterocycles. The number of aromatic nitrogens is 2. The van der Waals surface area contributed by atoms with E-state index in [4.69, 9.17) is 4.74 Å². The van der Waals surface area contributed by atoms with Gasteiger partial charge in [0.1, 0.15) is 12.1 Å². The summed E-state index contributed by atoms with van der Waals surface area (Å²) in [5, 5.41) is 0. The van der Waals surface area contributed by atoms with E-state index in [0.29, 0.717) is 25.2 Å². The first kappa shape index (κ1) is 16.9. The topological polar surface area (TPSA) is 75.6 Å². The summed E-state index contributed by atoms with van der Waals surface area (Å²) in [6.45, 7) is 2.96. The Morgan fingerprint density at radius 2 is 1.80 bits per heavy atom. The maximum absolute atomic E-state index is 12.7. The third kappa shape index (κ3) is 3.60. The second-order valence-electron chi connectivity index (χ2n) is 5.88. The number of rotatable bonds is 3. The van der Waals surface area contributed by atoms with Gasteiger partial charge < -0.3 is 14.5 Å². The normalized spacial score (nSPS) is 17.3. The third-order valence-electron chi connectivity index (χ3n) is 4.38. The standard InChI is InChI=1S/C18H20N4O3/c1-13(23)22-8-7-21(18(24)15-9-19-12-20-10-15)11-17(22)14-3-5-16(25-2)6-4-14/h3-6,9-10,12,17H,7-8,11H2,1-2H3/t17-/m1/s1. The van der Waals surface area contributed by atoms with Crippen LogP contribution in [-0.4, -0.2) is 58.3 Å². The lowest BCUT2D eigenvalue weighted by atomic mass is 10.0. The Morgan fingerprint density at radius 1 is 1.12 bits per heavy atom. The molecule has 1 atom stereocenters. The van der Waals surface area contributed by atoms with Crippen molar-refractivity contribution in [3.63, 3.8) is 0 Å². The summed E-state index contributed by atoms with van der Waals surface area (Å²) in [5.74, 6) is 0.626. The molecular formula is C18H20N4O3. The summed E-state index contributed by atoms with van der Waals surface area (Å²) >= 11 is 0. The lowest BCUT2D eigenvalue weighted by Crippen LogP contribution is -2.51. The minimum Gasteiger partial charge on any atom is -0.497 e. The van der Waals surface area contributed by atoms with Gasteiger partial charge in [-0.25, -0.2) is 9.97 Å². The van der Waals surface area contributed by atoms with E-state index in [0.717, 1.165) is 11.3 Å². The molecule has 0 bridgehead atoms. The van der Waals surface area contributed by atoms with Gasteiger partial charge in [0.05, 0.1) is 18.7 Å². The zero-order valence-corrected chi connectivity index (χ0v) is 14.3. The zero-order valence-electron chi connectivity index (χ0n) is 14.3. The summed E-state index contributed by atoms with van der Waals surface area (Å²) in [6.07, 6.45) is 4.41. The Kier molecular flexibility index (Phi) is 4.92. The van der Waals surface area contributed by atoms with Gasteiger partial charge in [-0.3, -0.25) is 9.59 Å². The average molecular weight is 340 g/mol. The fraction of sp³-hybridized carbons (Fsp3) is 0.333. The van der Waals surface area contributed by atoms with Crippen LogP contribution in [0.3, 0.4) is 0 Å². The van der Waals surface area contributed by atoms with E-state index in [-0.39, 0.29) is 17.9 Å². The maximum Gasteiger partial charge on any atom is 0.257 e. The van der Waals surface area contributed by atoms with Gasteiger partial charge in [0.15, 0.2) is 0 Å². The van der Waals surface area contributed by atoms with Gasteiger partial charge in [-0.15, -0.1) is 0 Å². The van der Waals surface area contributed by atoms with E-state index in [1.165, 1.54) is 18.7 Å². The first-order valence-corrected chi connectivity index (χ1v) is 8.05. The van der Waals surface area contributed by atoms with Crippen molar-refractivity contribution in [1.82, 2.24) is 19.8 Å². The summed E-state index contributed by atoms with van der Waals surface area (Å²) in [4.78, 5) is 36.1. The number of ether oxygens (including phenoxy) is 1. The molecule has 0 radical (unpaired) electrons. The summed E-state index contributed by atoms with van der Waals surface area (Å²) in [6, 6.07) is 7.39. The Labute approximate surface area is 146 Å². The Morgan fingerprint density at radius 3 is 2.40 bits per heavy atom. The van der Waals surface area contributed by atoms with Crippen LogP contribution in [0.5, 0.6) is 5.75 Å². The highest BCUT2D eigenvalue weighted by Crippen LogP contribution is 2.27. The first-order valence-electron chi connectivity index (χ1n) is 8.05. The first-order chi connectivity index (χ1) is 12.1. The highest BCUT2D eigenvalue weighted by Gasteiger charge is 2.32. The van der Waals surface area contributed by atoms with E-state index in [2.05, 4.69) is 9.97 Å². The van der Waals surface area contributed by atoms with Gasteiger partial charge in [0.25, 0.3) is 5.91 Å². The van der Waals surface area contributed by atoms with Crippen molar-refractivity contribution in [3.8, 4) is 5.75 Å². The smallest absolute Gasteiger partial charge is 0.257 e. The second kappa shape index (κ2) is 7.29. The van der Waals surface area contributed by atoms with Gasteiger partial charge in [-0.1, -0.05) is 12.1 Å². The number of methoxy groups -OCH3 is 1. The highest BCUT2D eigenvalue weighted by molar-refractivity contribution is 5.93. The van der Waals surface area contributed by atoms with E-state index < -0.39 is 0 Å². The SMILES string of the molecule is COc1ccc([C@H]2CN(C(=O)c3cncnc3)CCN2C(C)=O)cc1. The van der Waals surface area contributed by atoms with Gasteiger partial charge in [0.2, 0.25) is 5.91 Å². The number of hydrogen-bond donors (Lipinski definition) is 0. The molecule has 0 saturated carbocycles. The van der Waals surface area contributed by atoms with Gasteiger partial charge in [-0.2, -0.15) is 0 Å². The molecule has 7 heteroatoms. The third-order valence-corrected chi connectivity index (χ3v) is 4.38. The van der Waals surface area contributed by atoms with E-state index in [9.17, 15) is 9.59 Å². The quantitative estimate of drug-likeness (QED) is 0.847.